The molecule has 0 bridgehead atoms. The fraction of sp³-hybridized carbons (Fsp3) is 0.294. The molecule has 0 aromatic heterocycles. The molecule has 106 valence electrons. The van der Waals surface area contributed by atoms with E-state index in [0.29, 0.717) is 22.8 Å². The van der Waals surface area contributed by atoms with Gasteiger partial charge in [-0.05, 0) is 42.7 Å². The lowest BCUT2D eigenvalue weighted by Crippen LogP contribution is -2.25. The largest absolute Gasteiger partial charge is 0.483 e. The zero-order chi connectivity index (χ0) is 14.8. The summed E-state index contributed by atoms with van der Waals surface area (Å²) in [6, 6.07) is 11.7. The minimum Gasteiger partial charge on any atom is -0.483 e. The third kappa shape index (κ3) is 3.04. The van der Waals surface area contributed by atoms with Gasteiger partial charge in [0.2, 0.25) is 0 Å². The molecule has 2 radical (unpaired) electrons. The summed E-state index contributed by atoms with van der Waals surface area (Å²) in [5, 5.41) is 0. The van der Waals surface area contributed by atoms with Crippen molar-refractivity contribution in [3.05, 3.63) is 53.8 Å². The van der Waals surface area contributed by atoms with Gasteiger partial charge in [-0.25, -0.2) is 4.39 Å². The highest BCUT2D eigenvalue weighted by Crippen LogP contribution is 2.41. The van der Waals surface area contributed by atoms with Gasteiger partial charge in [0.15, 0.2) is 0 Å². The van der Waals surface area contributed by atoms with E-state index in [1.807, 2.05) is 0 Å². The van der Waals surface area contributed by atoms with E-state index < -0.39 is 0 Å². The second-order valence-corrected chi connectivity index (χ2v) is 5.58. The van der Waals surface area contributed by atoms with Crippen molar-refractivity contribution in [3.63, 3.8) is 0 Å². The Morgan fingerprint density at radius 1 is 1.14 bits per heavy atom. The fourth-order valence-electron chi connectivity index (χ4n) is 2.62. The summed E-state index contributed by atoms with van der Waals surface area (Å²) in [5.74, 6) is 0.794. The summed E-state index contributed by atoms with van der Waals surface area (Å²) in [7, 11) is 5.80. The highest BCUT2D eigenvalue weighted by molar-refractivity contribution is 6.32. The molecule has 0 amide bonds. The van der Waals surface area contributed by atoms with Crippen molar-refractivity contribution in [2.75, 3.05) is 5.73 Å². The van der Waals surface area contributed by atoms with Gasteiger partial charge in [-0.1, -0.05) is 30.1 Å². The van der Waals surface area contributed by atoms with Crippen molar-refractivity contribution in [1.29, 1.82) is 0 Å². The molecule has 2 N–H and O–H groups in total. The Bertz CT molecular complexity index is 625. The maximum absolute atomic E-state index is 13.1. The number of ether oxygens (including phenoxy) is 1. The van der Waals surface area contributed by atoms with Crippen LogP contribution in [-0.2, 0) is 0 Å². The van der Waals surface area contributed by atoms with Crippen molar-refractivity contribution in [2.45, 2.75) is 25.4 Å². The van der Waals surface area contributed by atoms with Gasteiger partial charge in [0, 0.05) is 5.92 Å². The number of nitrogens with two attached hydrogens (primary N) is 1. The highest BCUT2D eigenvalue weighted by atomic mass is 19.1. The Balaban J connectivity index is 1.89. The first kappa shape index (κ1) is 14.0. The first-order chi connectivity index (χ1) is 10.1. The average molecular weight is 281 g/mol. The lowest BCUT2D eigenvalue weighted by molar-refractivity contribution is 0.0846. The maximum atomic E-state index is 13.1. The molecule has 0 spiro atoms. The Labute approximate surface area is 125 Å². The monoisotopic (exact) mass is 281 g/mol. The average Bonchev–Trinajstić information content (AvgIpc) is 2.41. The number of benzene rings is 2. The maximum Gasteiger partial charge on any atom is 0.142 e. The number of anilines is 1. The molecule has 2 nitrogen and oxygen atoms in total. The quantitative estimate of drug-likeness (QED) is 0.690. The molecule has 1 saturated carbocycles. The molecule has 1 atom stereocenters. The highest BCUT2D eigenvalue weighted by Gasteiger charge is 2.30. The summed E-state index contributed by atoms with van der Waals surface area (Å²) in [6.45, 7) is 0. The molecular weight excluding hydrogens is 264 g/mol. The molecule has 1 unspecified atom stereocenters. The minimum absolute atomic E-state index is 0.108. The van der Waals surface area contributed by atoms with Crippen LogP contribution in [-0.4, -0.2) is 7.85 Å². The second kappa shape index (κ2) is 5.80. The van der Waals surface area contributed by atoms with Crippen molar-refractivity contribution in [3.8, 4) is 5.75 Å². The summed E-state index contributed by atoms with van der Waals surface area (Å²) >= 11 is 0. The second-order valence-electron chi connectivity index (χ2n) is 5.58. The van der Waals surface area contributed by atoms with Gasteiger partial charge in [0.1, 0.15) is 25.5 Å². The van der Waals surface area contributed by atoms with E-state index in [4.69, 9.17) is 18.3 Å². The lowest BCUT2D eigenvalue weighted by Gasteiger charge is -2.34. The first-order valence-corrected chi connectivity index (χ1v) is 7.20. The number of hydrogen-bond acceptors (Lipinski definition) is 2. The molecule has 0 aliphatic heterocycles. The van der Waals surface area contributed by atoms with Crippen molar-refractivity contribution >= 4 is 19.0 Å². The zero-order valence-electron chi connectivity index (χ0n) is 11.8. The number of hydrogen-bond donors (Lipinski definition) is 1. The summed E-state index contributed by atoms with van der Waals surface area (Å²) in [5.41, 5.74) is 8.12. The third-order valence-electron chi connectivity index (χ3n) is 4.07. The normalized spacial score (nSPS) is 16.2. The Kier molecular flexibility index (Phi) is 3.87. The van der Waals surface area contributed by atoms with Gasteiger partial charge in [-0.15, -0.1) is 0 Å². The summed E-state index contributed by atoms with van der Waals surface area (Å²) in [6.07, 6.45) is 3.33. The number of rotatable bonds is 4. The summed E-state index contributed by atoms with van der Waals surface area (Å²) < 4.78 is 19.2. The van der Waals surface area contributed by atoms with Crippen LogP contribution >= 0.6 is 0 Å². The molecule has 1 fully saturated rings. The van der Waals surface area contributed by atoms with Gasteiger partial charge in [-0.3, -0.25) is 0 Å². The van der Waals surface area contributed by atoms with Crippen LogP contribution in [0.4, 0.5) is 10.1 Å². The topological polar surface area (TPSA) is 35.2 Å². The van der Waals surface area contributed by atoms with Crippen LogP contribution in [0.15, 0.2) is 42.5 Å². The van der Waals surface area contributed by atoms with Crippen LogP contribution in [0.1, 0.15) is 30.9 Å². The third-order valence-corrected chi connectivity index (χ3v) is 4.07. The van der Waals surface area contributed by atoms with Crippen LogP contribution in [0, 0.1) is 11.7 Å². The van der Waals surface area contributed by atoms with E-state index in [2.05, 4.69) is 0 Å². The van der Waals surface area contributed by atoms with E-state index in [1.54, 1.807) is 30.3 Å². The smallest absolute Gasteiger partial charge is 0.142 e. The molecule has 0 saturated heterocycles. The van der Waals surface area contributed by atoms with Crippen LogP contribution < -0.4 is 15.9 Å². The van der Waals surface area contributed by atoms with E-state index in [0.717, 1.165) is 18.4 Å². The molecule has 21 heavy (non-hydrogen) atoms. The summed E-state index contributed by atoms with van der Waals surface area (Å²) in [4.78, 5) is 0. The predicted octanol–water partition coefficient (Wildman–Crippen LogP) is 3.12. The fourth-order valence-corrected chi connectivity index (χ4v) is 2.62. The zero-order valence-corrected chi connectivity index (χ0v) is 11.8. The predicted molar refractivity (Wildman–Crippen MR) is 83.4 cm³/mol. The van der Waals surface area contributed by atoms with Gasteiger partial charge >= 0.3 is 0 Å². The van der Waals surface area contributed by atoms with E-state index in [9.17, 15) is 4.39 Å². The van der Waals surface area contributed by atoms with Crippen LogP contribution in [0.2, 0.25) is 0 Å². The molecular formula is C17H17BFNO. The standard InChI is InChI=1S/C17H17BFNO/c18-13-6-9-15(20)16(10-13)21-17(11-2-1-3-11)12-4-7-14(19)8-5-12/h4-11,17H,1-3,20H2. The molecule has 2 aromatic carbocycles. The van der Waals surface area contributed by atoms with E-state index in [1.165, 1.54) is 18.6 Å². The SMILES string of the molecule is [B]c1ccc(N)c(OC(c2ccc(F)cc2)C2CCC2)c1. The van der Waals surface area contributed by atoms with Gasteiger partial charge in [0.05, 0.1) is 5.69 Å². The van der Waals surface area contributed by atoms with Gasteiger partial charge in [0.25, 0.3) is 0 Å². The minimum atomic E-state index is -0.241. The molecule has 0 heterocycles. The van der Waals surface area contributed by atoms with Crippen molar-refractivity contribution in [1.82, 2.24) is 0 Å². The Hall–Kier alpha value is -1.97. The number of nitrogen functional groups attached to an aromatic ring is 1. The first-order valence-electron chi connectivity index (χ1n) is 7.20. The van der Waals surface area contributed by atoms with Crippen LogP contribution in [0.5, 0.6) is 5.75 Å². The molecule has 2 aromatic rings. The van der Waals surface area contributed by atoms with Crippen molar-refractivity contribution in [2.24, 2.45) is 5.92 Å². The van der Waals surface area contributed by atoms with E-state index in [-0.39, 0.29) is 11.9 Å². The van der Waals surface area contributed by atoms with Crippen molar-refractivity contribution < 1.29 is 9.13 Å². The molecule has 1 aliphatic carbocycles. The molecule has 3 rings (SSSR count). The lowest BCUT2D eigenvalue weighted by atomic mass is 9.78. The molecule has 4 heteroatoms. The van der Waals surface area contributed by atoms with Gasteiger partial charge in [-0.2, -0.15) is 0 Å². The van der Waals surface area contributed by atoms with Crippen LogP contribution in [0.25, 0.3) is 0 Å². The Morgan fingerprint density at radius 3 is 2.48 bits per heavy atom. The van der Waals surface area contributed by atoms with Crippen LogP contribution in [0.3, 0.4) is 0 Å². The van der Waals surface area contributed by atoms with Gasteiger partial charge < -0.3 is 10.5 Å². The molecule has 1 aliphatic rings. The number of halogens is 1. The Morgan fingerprint density at radius 2 is 1.86 bits per heavy atom. The van der Waals surface area contributed by atoms with E-state index >= 15 is 0 Å².